The van der Waals surface area contributed by atoms with Crippen LogP contribution < -0.4 is 9.47 Å². The number of aryl methyl sites for hydroxylation is 1. The van der Waals surface area contributed by atoms with E-state index in [1.807, 2.05) is 35.0 Å². The van der Waals surface area contributed by atoms with Crippen molar-refractivity contribution in [1.29, 1.82) is 0 Å². The van der Waals surface area contributed by atoms with Crippen molar-refractivity contribution in [3.05, 3.63) is 58.4 Å². The lowest BCUT2D eigenvalue weighted by molar-refractivity contribution is 0.243. The molecule has 0 unspecified atom stereocenters. The molecule has 0 aliphatic heterocycles. The van der Waals surface area contributed by atoms with E-state index >= 15 is 0 Å². The van der Waals surface area contributed by atoms with Crippen molar-refractivity contribution in [3.63, 3.8) is 0 Å². The molecule has 0 aliphatic rings. The van der Waals surface area contributed by atoms with Gasteiger partial charge in [0.25, 0.3) is 0 Å². The summed E-state index contributed by atoms with van der Waals surface area (Å²) in [4.78, 5) is 2.17. The van der Waals surface area contributed by atoms with Gasteiger partial charge < -0.3 is 14.0 Å². The SMILES string of the molecule is CCn1c(-c2ccccc2C)nn(CN(C)Cc2ccc(OC)c(OC)c2)c1=S. The molecule has 1 heterocycles. The number of hydrogen-bond donors (Lipinski definition) is 0. The van der Waals surface area contributed by atoms with Gasteiger partial charge in [-0.1, -0.05) is 30.3 Å². The van der Waals surface area contributed by atoms with Crippen LogP contribution in [0.15, 0.2) is 42.5 Å². The first kappa shape index (κ1) is 21.1. The zero-order chi connectivity index (χ0) is 21.0. The molecule has 2 aromatic carbocycles. The Morgan fingerprint density at radius 1 is 1.07 bits per heavy atom. The largest absolute Gasteiger partial charge is 0.493 e. The highest BCUT2D eigenvalue weighted by Crippen LogP contribution is 2.28. The fourth-order valence-electron chi connectivity index (χ4n) is 3.41. The Labute approximate surface area is 177 Å². The second-order valence-electron chi connectivity index (χ2n) is 7.01. The molecule has 0 fully saturated rings. The van der Waals surface area contributed by atoms with E-state index in [-0.39, 0.29) is 0 Å². The minimum atomic E-state index is 0.596. The molecule has 3 aromatic rings. The molecular weight excluding hydrogens is 384 g/mol. The average Bonchev–Trinajstić information content (AvgIpc) is 3.03. The van der Waals surface area contributed by atoms with Crippen LogP contribution in [0, 0.1) is 11.7 Å². The molecule has 0 atom stereocenters. The van der Waals surface area contributed by atoms with Crippen LogP contribution in [-0.2, 0) is 19.8 Å². The molecule has 1 aromatic heterocycles. The molecule has 0 bridgehead atoms. The number of aromatic nitrogens is 3. The molecule has 0 saturated carbocycles. The molecule has 154 valence electrons. The Kier molecular flexibility index (Phi) is 6.71. The quantitative estimate of drug-likeness (QED) is 0.509. The minimum absolute atomic E-state index is 0.596. The van der Waals surface area contributed by atoms with Crippen LogP contribution in [-0.4, -0.2) is 40.5 Å². The van der Waals surface area contributed by atoms with E-state index in [0.717, 1.165) is 46.3 Å². The topological polar surface area (TPSA) is 44.5 Å². The van der Waals surface area contributed by atoms with Crippen LogP contribution in [0.1, 0.15) is 18.1 Å². The third-order valence-corrected chi connectivity index (χ3v) is 5.33. The van der Waals surface area contributed by atoms with Gasteiger partial charge in [0.15, 0.2) is 22.1 Å². The summed E-state index contributed by atoms with van der Waals surface area (Å²) >= 11 is 5.71. The number of hydrogen-bond acceptors (Lipinski definition) is 5. The summed E-state index contributed by atoms with van der Waals surface area (Å²) in [6, 6.07) is 14.2. The molecule has 0 radical (unpaired) electrons. The van der Waals surface area contributed by atoms with E-state index in [2.05, 4.69) is 42.5 Å². The molecule has 0 amide bonds. The van der Waals surface area contributed by atoms with E-state index in [1.165, 1.54) is 5.56 Å². The van der Waals surface area contributed by atoms with Crippen LogP contribution >= 0.6 is 12.2 Å². The van der Waals surface area contributed by atoms with Crippen LogP contribution in [0.2, 0.25) is 0 Å². The van der Waals surface area contributed by atoms with Crippen molar-refractivity contribution >= 4 is 12.2 Å². The summed E-state index contributed by atoms with van der Waals surface area (Å²) in [5.74, 6) is 2.37. The first-order valence-electron chi connectivity index (χ1n) is 9.61. The predicted octanol–water partition coefficient (Wildman–Crippen LogP) is 4.52. The maximum Gasteiger partial charge on any atom is 0.199 e. The van der Waals surface area contributed by atoms with E-state index in [0.29, 0.717) is 6.67 Å². The summed E-state index contributed by atoms with van der Waals surface area (Å²) in [7, 11) is 5.34. The molecule has 3 rings (SSSR count). The summed E-state index contributed by atoms with van der Waals surface area (Å²) in [5.41, 5.74) is 3.43. The number of benzene rings is 2. The van der Waals surface area contributed by atoms with Crippen molar-refractivity contribution in [2.24, 2.45) is 0 Å². The smallest absolute Gasteiger partial charge is 0.199 e. The lowest BCUT2D eigenvalue weighted by atomic mass is 10.1. The molecular formula is C22H28N4O2S. The zero-order valence-electron chi connectivity index (χ0n) is 17.7. The van der Waals surface area contributed by atoms with Crippen LogP contribution in [0.3, 0.4) is 0 Å². The van der Waals surface area contributed by atoms with Gasteiger partial charge in [-0.25, -0.2) is 4.68 Å². The van der Waals surface area contributed by atoms with Crippen molar-refractivity contribution in [1.82, 2.24) is 19.2 Å². The van der Waals surface area contributed by atoms with Gasteiger partial charge in [0, 0.05) is 18.7 Å². The highest BCUT2D eigenvalue weighted by Gasteiger charge is 2.15. The van der Waals surface area contributed by atoms with Gasteiger partial charge in [0.1, 0.15) is 0 Å². The zero-order valence-corrected chi connectivity index (χ0v) is 18.5. The van der Waals surface area contributed by atoms with Gasteiger partial charge in [-0.3, -0.25) is 4.90 Å². The monoisotopic (exact) mass is 412 g/mol. The standard InChI is InChI=1S/C22H28N4O2S/c1-6-25-21(18-10-8-7-9-16(18)2)23-26(22(25)29)15-24(3)14-17-11-12-19(27-4)20(13-17)28-5/h7-13H,6,14-15H2,1-5H3. The Balaban J connectivity index is 1.83. The maximum absolute atomic E-state index is 5.71. The van der Waals surface area contributed by atoms with E-state index in [1.54, 1.807) is 14.2 Å². The summed E-state index contributed by atoms with van der Waals surface area (Å²) in [6.45, 7) is 6.30. The maximum atomic E-state index is 5.71. The van der Waals surface area contributed by atoms with Gasteiger partial charge in [-0.15, -0.1) is 0 Å². The number of nitrogens with zero attached hydrogens (tertiary/aromatic N) is 4. The molecule has 0 aliphatic carbocycles. The van der Waals surface area contributed by atoms with Crippen LogP contribution in [0.5, 0.6) is 11.5 Å². The lowest BCUT2D eigenvalue weighted by Gasteiger charge is -2.17. The molecule has 0 spiro atoms. The summed E-state index contributed by atoms with van der Waals surface area (Å²) in [5, 5.41) is 4.84. The van der Waals surface area contributed by atoms with E-state index < -0.39 is 0 Å². The Bertz CT molecular complexity index is 1040. The third kappa shape index (κ3) is 4.52. The van der Waals surface area contributed by atoms with Gasteiger partial charge in [0.2, 0.25) is 0 Å². The van der Waals surface area contributed by atoms with Gasteiger partial charge in [-0.05, 0) is 56.4 Å². The fraction of sp³-hybridized carbons (Fsp3) is 0.364. The summed E-state index contributed by atoms with van der Waals surface area (Å²) in [6.07, 6.45) is 0. The van der Waals surface area contributed by atoms with Crippen LogP contribution in [0.4, 0.5) is 0 Å². The fourth-order valence-corrected chi connectivity index (χ4v) is 3.72. The molecule has 0 saturated heterocycles. The second-order valence-corrected chi connectivity index (χ2v) is 7.37. The molecule has 29 heavy (non-hydrogen) atoms. The highest BCUT2D eigenvalue weighted by atomic mass is 32.1. The Morgan fingerprint density at radius 3 is 2.45 bits per heavy atom. The Morgan fingerprint density at radius 2 is 1.79 bits per heavy atom. The van der Waals surface area contributed by atoms with Crippen LogP contribution in [0.25, 0.3) is 11.4 Å². The minimum Gasteiger partial charge on any atom is -0.493 e. The first-order chi connectivity index (χ1) is 14.0. The number of methoxy groups -OCH3 is 2. The van der Waals surface area contributed by atoms with Crippen molar-refractivity contribution < 1.29 is 9.47 Å². The lowest BCUT2D eigenvalue weighted by Crippen LogP contribution is -2.22. The van der Waals surface area contributed by atoms with E-state index in [9.17, 15) is 0 Å². The summed E-state index contributed by atoms with van der Waals surface area (Å²) < 4.78 is 15.4. The van der Waals surface area contributed by atoms with Crippen molar-refractivity contribution in [2.45, 2.75) is 33.6 Å². The molecule has 7 heteroatoms. The Hall–Kier alpha value is -2.64. The second kappa shape index (κ2) is 9.24. The third-order valence-electron chi connectivity index (χ3n) is 4.90. The average molecular weight is 413 g/mol. The molecule has 0 N–H and O–H groups in total. The van der Waals surface area contributed by atoms with E-state index in [4.69, 9.17) is 26.8 Å². The van der Waals surface area contributed by atoms with Gasteiger partial charge in [-0.2, -0.15) is 5.10 Å². The number of rotatable bonds is 8. The highest BCUT2D eigenvalue weighted by molar-refractivity contribution is 7.71. The van der Waals surface area contributed by atoms with Crippen molar-refractivity contribution in [3.8, 4) is 22.9 Å². The number of ether oxygens (including phenoxy) is 2. The normalized spacial score (nSPS) is 11.1. The van der Waals surface area contributed by atoms with Gasteiger partial charge in [0.05, 0.1) is 20.9 Å². The van der Waals surface area contributed by atoms with Gasteiger partial charge >= 0.3 is 0 Å². The van der Waals surface area contributed by atoms with Crippen molar-refractivity contribution in [2.75, 3.05) is 21.3 Å². The molecule has 6 nitrogen and oxygen atoms in total. The predicted molar refractivity (Wildman–Crippen MR) is 118 cm³/mol. The first-order valence-corrected chi connectivity index (χ1v) is 10.0.